The van der Waals surface area contributed by atoms with Gasteiger partial charge in [0.2, 0.25) is 0 Å². The van der Waals surface area contributed by atoms with Crippen molar-refractivity contribution in [1.29, 1.82) is 0 Å². The summed E-state index contributed by atoms with van der Waals surface area (Å²) in [7, 11) is -5.07. The van der Waals surface area contributed by atoms with E-state index in [-0.39, 0.29) is 19.6 Å². The van der Waals surface area contributed by atoms with Crippen molar-refractivity contribution in [2.75, 3.05) is 26.4 Å². The summed E-state index contributed by atoms with van der Waals surface area (Å²) in [6.07, 6.45) is 53.6. The predicted molar refractivity (Wildman–Crippen MR) is 285 cm³/mol. The van der Waals surface area contributed by atoms with E-state index in [2.05, 4.69) is 90.9 Å². The number of carbonyl (C=O) groups is 1. The fraction of sp³-hybridized carbons (Fsp3) is 0.772. The fourth-order valence-electron chi connectivity index (χ4n) is 8.21. The van der Waals surface area contributed by atoms with Crippen molar-refractivity contribution in [3.05, 3.63) is 72.9 Å². The molecule has 406 valence electrons. The Hall–Kier alpha value is -2.46. The molecule has 6 atom stereocenters. The number of hydrogen-bond donors (Lipinski definition) is 4. The van der Waals surface area contributed by atoms with E-state index in [1.54, 1.807) is 0 Å². The number of esters is 1. The van der Waals surface area contributed by atoms with Gasteiger partial charge in [0.15, 0.2) is 6.29 Å². The molecule has 1 heterocycles. The molecule has 0 amide bonds. The van der Waals surface area contributed by atoms with E-state index in [1.165, 1.54) is 96.3 Å². The van der Waals surface area contributed by atoms with Gasteiger partial charge in [0, 0.05) is 13.0 Å². The minimum Gasteiger partial charge on any atom is -0.457 e. The molecule has 0 aromatic carbocycles. The summed E-state index contributed by atoms with van der Waals surface area (Å²) in [6.45, 7) is 3.89. The number of carbonyl (C=O) groups excluding carboxylic acids is 1. The Labute approximate surface area is 426 Å². The Morgan fingerprint density at radius 1 is 0.557 bits per heavy atom. The number of ether oxygens (including phenoxy) is 4. The topological polar surface area (TPSA) is 178 Å². The van der Waals surface area contributed by atoms with E-state index in [0.717, 1.165) is 96.3 Å². The van der Waals surface area contributed by atoms with Crippen LogP contribution in [0.5, 0.6) is 0 Å². The van der Waals surface area contributed by atoms with Gasteiger partial charge in [-0.05, 0) is 64.2 Å². The number of hydrogen-bond acceptors (Lipinski definition) is 11. The van der Waals surface area contributed by atoms with Crippen molar-refractivity contribution in [3.63, 3.8) is 0 Å². The maximum atomic E-state index is 12.9. The van der Waals surface area contributed by atoms with Crippen LogP contribution < -0.4 is 0 Å². The number of aliphatic hydroxyl groups excluding tert-OH is 3. The van der Waals surface area contributed by atoms with Gasteiger partial charge in [0.05, 0.1) is 19.8 Å². The first-order chi connectivity index (χ1) is 34.1. The van der Waals surface area contributed by atoms with Crippen LogP contribution in [0, 0.1) is 0 Å². The van der Waals surface area contributed by atoms with Crippen LogP contribution in [0.2, 0.25) is 0 Å². The Kier molecular flexibility index (Phi) is 44.5. The zero-order chi connectivity index (χ0) is 51.0. The highest BCUT2D eigenvalue weighted by Crippen LogP contribution is 2.26. The van der Waals surface area contributed by atoms with Crippen LogP contribution in [-0.2, 0) is 38.3 Å². The molecule has 6 unspecified atom stereocenters. The van der Waals surface area contributed by atoms with Crippen LogP contribution >= 0.6 is 0 Å². The largest absolute Gasteiger partial charge is 0.457 e. The highest BCUT2D eigenvalue weighted by Gasteiger charge is 2.48. The Balaban J connectivity index is 2.34. The van der Waals surface area contributed by atoms with Gasteiger partial charge < -0.3 is 34.3 Å². The zero-order valence-electron chi connectivity index (χ0n) is 43.8. The molecule has 0 radical (unpaired) electrons. The van der Waals surface area contributed by atoms with Crippen molar-refractivity contribution < 1.29 is 56.2 Å². The van der Waals surface area contributed by atoms with E-state index < -0.39 is 59.8 Å². The second-order valence-corrected chi connectivity index (χ2v) is 19.8. The molecule has 0 spiro atoms. The highest BCUT2D eigenvalue weighted by atomic mass is 32.3. The lowest BCUT2D eigenvalue weighted by Gasteiger charge is -2.41. The van der Waals surface area contributed by atoms with Gasteiger partial charge in [-0.1, -0.05) is 222 Å². The summed E-state index contributed by atoms with van der Waals surface area (Å²) in [5.74, 6) is -0.413. The van der Waals surface area contributed by atoms with Gasteiger partial charge >= 0.3 is 16.4 Å². The predicted octanol–water partition coefficient (Wildman–Crippen LogP) is 13.4. The third-order valence-electron chi connectivity index (χ3n) is 12.3. The molecule has 0 bridgehead atoms. The van der Waals surface area contributed by atoms with Crippen molar-refractivity contribution in [3.8, 4) is 0 Å². The third-order valence-corrected chi connectivity index (χ3v) is 12.8. The second kappa shape index (κ2) is 47.5. The van der Waals surface area contributed by atoms with Crippen molar-refractivity contribution in [1.82, 2.24) is 0 Å². The lowest BCUT2D eigenvalue weighted by molar-refractivity contribution is -0.301. The minimum atomic E-state index is -5.07. The molecule has 0 aliphatic carbocycles. The van der Waals surface area contributed by atoms with Crippen molar-refractivity contribution >= 4 is 16.4 Å². The van der Waals surface area contributed by atoms with E-state index in [9.17, 15) is 33.1 Å². The molecule has 4 N–H and O–H groups in total. The van der Waals surface area contributed by atoms with Gasteiger partial charge in [-0.25, -0.2) is 4.18 Å². The first kappa shape index (κ1) is 65.6. The summed E-state index contributed by atoms with van der Waals surface area (Å²) < 4.78 is 59.4. The van der Waals surface area contributed by atoms with Crippen molar-refractivity contribution in [2.24, 2.45) is 0 Å². The van der Waals surface area contributed by atoms with Crippen molar-refractivity contribution in [2.45, 2.75) is 256 Å². The molecule has 1 saturated heterocycles. The number of unbranched alkanes of at least 4 members (excludes halogenated alkanes) is 23. The summed E-state index contributed by atoms with van der Waals surface area (Å²) in [6, 6.07) is 0. The van der Waals surface area contributed by atoms with E-state index in [1.807, 2.05) is 0 Å². The van der Waals surface area contributed by atoms with E-state index in [4.69, 9.17) is 18.9 Å². The third kappa shape index (κ3) is 40.1. The van der Waals surface area contributed by atoms with Crippen LogP contribution in [0.3, 0.4) is 0 Å². The molecule has 1 rings (SSSR count). The molecule has 70 heavy (non-hydrogen) atoms. The number of aliphatic hydroxyl groups is 3. The van der Waals surface area contributed by atoms with Crippen LogP contribution in [0.4, 0.5) is 0 Å². The molecule has 0 aromatic heterocycles. The van der Waals surface area contributed by atoms with Gasteiger partial charge in [0.1, 0.15) is 30.5 Å². The first-order valence-corrected chi connectivity index (χ1v) is 29.1. The summed E-state index contributed by atoms with van der Waals surface area (Å²) in [5, 5.41) is 30.8. The minimum absolute atomic E-state index is 0.0290. The molecule has 1 aliphatic rings. The average molecular weight is 1010 g/mol. The van der Waals surface area contributed by atoms with E-state index in [0.29, 0.717) is 13.0 Å². The van der Waals surface area contributed by atoms with Gasteiger partial charge in [-0.15, -0.1) is 0 Å². The monoisotopic (exact) mass is 1010 g/mol. The Morgan fingerprint density at radius 2 is 0.986 bits per heavy atom. The summed E-state index contributed by atoms with van der Waals surface area (Å²) in [4.78, 5) is 12.9. The van der Waals surface area contributed by atoms with Crippen LogP contribution in [0.25, 0.3) is 0 Å². The lowest BCUT2D eigenvalue weighted by atomic mass is 9.99. The standard InChI is InChI=1S/C57H100O12S/c1-3-5-7-9-11-13-15-17-19-21-23-24-25-26-27-28-29-30-32-34-36-38-40-42-44-46-53(59)67-51(50-66-57-55(61)56(69-70(62,63)64)54(60)52(48-58)68-57)49-65-47-45-43-41-39-37-35-33-31-22-20-18-16-14-12-10-8-6-4-2/h5,7,11,13,17,19,23-24,26-27,29-30,51-52,54-58,60-61H,3-4,6,8-10,12,14-16,18,20-22,25,28,31-50H2,1-2H3,(H,62,63,64)/b7-5-,13-11-,19-17-,24-23-,27-26-,30-29-. The fourth-order valence-corrected chi connectivity index (χ4v) is 8.72. The van der Waals surface area contributed by atoms with Gasteiger partial charge in [0.25, 0.3) is 0 Å². The molecule has 0 aromatic rings. The van der Waals surface area contributed by atoms with Crippen LogP contribution in [-0.4, -0.2) is 97.5 Å². The molecule has 1 aliphatic heterocycles. The maximum absolute atomic E-state index is 12.9. The van der Waals surface area contributed by atoms with Crippen LogP contribution in [0.15, 0.2) is 72.9 Å². The first-order valence-electron chi connectivity index (χ1n) is 27.7. The lowest BCUT2D eigenvalue weighted by Crippen LogP contribution is -2.60. The zero-order valence-corrected chi connectivity index (χ0v) is 44.6. The smallest absolute Gasteiger partial charge is 0.397 e. The molecule has 0 saturated carbocycles. The SMILES string of the molecule is CC/C=C\C/C=C\C/C=C\C/C=C\C/C=C\C/C=C\CCCCCCCCC(=O)OC(COCCCCCCCCCCCCCCCCCCCC)COC1OC(CO)C(O)C(OS(=O)(=O)O)C1O. The molecule has 13 heteroatoms. The van der Waals surface area contributed by atoms with Gasteiger partial charge in [-0.3, -0.25) is 9.35 Å². The molecular formula is C57H100O12S. The quantitative estimate of drug-likeness (QED) is 0.0197. The highest BCUT2D eigenvalue weighted by molar-refractivity contribution is 7.80. The number of allylic oxidation sites excluding steroid dienone is 12. The van der Waals surface area contributed by atoms with Gasteiger partial charge in [-0.2, -0.15) is 8.42 Å². The molecule has 1 fully saturated rings. The number of rotatable bonds is 48. The second-order valence-electron chi connectivity index (χ2n) is 18.8. The normalized spacial score (nSPS) is 19.7. The molecular weight excluding hydrogens is 909 g/mol. The van der Waals surface area contributed by atoms with E-state index >= 15 is 0 Å². The Morgan fingerprint density at radius 3 is 1.44 bits per heavy atom. The Bertz CT molecular complexity index is 1490. The summed E-state index contributed by atoms with van der Waals surface area (Å²) >= 11 is 0. The summed E-state index contributed by atoms with van der Waals surface area (Å²) in [5.41, 5.74) is 0. The van der Waals surface area contributed by atoms with Crippen LogP contribution in [0.1, 0.15) is 219 Å². The molecule has 12 nitrogen and oxygen atoms in total. The maximum Gasteiger partial charge on any atom is 0.397 e. The average Bonchev–Trinajstić information content (AvgIpc) is 3.34.